The van der Waals surface area contributed by atoms with Gasteiger partial charge in [0.05, 0.1) is 11.6 Å². The zero-order valence-electron chi connectivity index (χ0n) is 11.1. The highest BCUT2D eigenvalue weighted by molar-refractivity contribution is 7.89. The Morgan fingerprint density at radius 2 is 2.15 bits per heavy atom. The predicted molar refractivity (Wildman–Crippen MR) is 76.9 cm³/mol. The molecule has 0 aliphatic heterocycles. The Kier molecular flexibility index (Phi) is 6.25. The lowest BCUT2D eigenvalue weighted by molar-refractivity contribution is -0.143. The minimum absolute atomic E-state index is 0.0375. The first-order chi connectivity index (χ1) is 9.36. The van der Waals surface area contributed by atoms with Crippen molar-refractivity contribution >= 4 is 33.3 Å². The Morgan fingerprint density at radius 3 is 2.75 bits per heavy atom. The third-order valence-corrected chi connectivity index (χ3v) is 4.34. The molecule has 0 aromatic heterocycles. The molecule has 0 heterocycles. The third-order valence-electron chi connectivity index (χ3n) is 2.40. The maximum Gasteiger partial charge on any atom is 0.305 e. The topological polar surface area (TPSA) is 98.5 Å². The van der Waals surface area contributed by atoms with E-state index < -0.39 is 10.0 Å². The fourth-order valence-electron chi connectivity index (χ4n) is 1.49. The van der Waals surface area contributed by atoms with E-state index in [-0.39, 0.29) is 28.9 Å². The van der Waals surface area contributed by atoms with Gasteiger partial charge in [-0.2, -0.15) is 0 Å². The summed E-state index contributed by atoms with van der Waals surface area (Å²) in [6, 6.07) is 4.17. The summed E-state index contributed by atoms with van der Waals surface area (Å²) >= 11 is 5.85. The molecule has 1 rings (SSSR count). The van der Waals surface area contributed by atoms with Crippen LogP contribution in [0.5, 0.6) is 0 Å². The number of nitrogen functional groups attached to an aromatic ring is 1. The van der Waals surface area contributed by atoms with Gasteiger partial charge in [-0.1, -0.05) is 11.6 Å². The Balaban J connectivity index is 2.56. The van der Waals surface area contributed by atoms with Gasteiger partial charge in [-0.25, -0.2) is 13.1 Å². The van der Waals surface area contributed by atoms with Crippen LogP contribution in [0.4, 0.5) is 5.69 Å². The molecular formula is C12H17ClN2O4S. The van der Waals surface area contributed by atoms with Gasteiger partial charge in [0.2, 0.25) is 10.0 Å². The molecule has 0 saturated heterocycles. The molecule has 3 N–H and O–H groups in total. The van der Waals surface area contributed by atoms with E-state index in [0.717, 1.165) is 0 Å². The van der Waals surface area contributed by atoms with Gasteiger partial charge in [-0.3, -0.25) is 4.79 Å². The second kappa shape index (κ2) is 7.47. The summed E-state index contributed by atoms with van der Waals surface area (Å²) in [5.41, 5.74) is 5.89. The number of benzene rings is 1. The van der Waals surface area contributed by atoms with Crippen LogP contribution in [-0.2, 0) is 19.6 Å². The minimum atomic E-state index is -3.71. The van der Waals surface area contributed by atoms with Crippen molar-refractivity contribution in [1.82, 2.24) is 4.72 Å². The Hall–Kier alpha value is -1.31. The highest BCUT2D eigenvalue weighted by atomic mass is 35.5. The van der Waals surface area contributed by atoms with Crippen LogP contribution < -0.4 is 10.5 Å². The van der Waals surface area contributed by atoms with Crippen molar-refractivity contribution in [3.05, 3.63) is 23.2 Å². The number of nitrogens with two attached hydrogens (primary N) is 1. The summed E-state index contributed by atoms with van der Waals surface area (Å²) in [5.74, 6) is -0.350. The number of anilines is 1. The normalized spacial score (nSPS) is 11.3. The van der Waals surface area contributed by atoms with Crippen molar-refractivity contribution in [3.63, 3.8) is 0 Å². The van der Waals surface area contributed by atoms with Crippen LogP contribution in [-0.4, -0.2) is 27.5 Å². The Labute approximate surface area is 123 Å². The van der Waals surface area contributed by atoms with Gasteiger partial charge in [0, 0.05) is 18.7 Å². The molecule has 0 spiro atoms. The molecule has 0 amide bonds. The van der Waals surface area contributed by atoms with E-state index in [4.69, 9.17) is 22.1 Å². The summed E-state index contributed by atoms with van der Waals surface area (Å²) in [7, 11) is -3.71. The highest BCUT2D eigenvalue weighted by Crippen LogP contribution is 2.23. The number of hydrogen-bond acceptors (Lipinski definition) is 5. The van der Waals surface area contributed by atoms with E-state index in [1.54, 1.807) is 6.92 Å². The van der Waals surface area contributed by atoms with Gasteiger partial charge >= 0.3 is 5.97 Å². The van der Waals surface area contributed by atoms with E-state index in [1.807, 2.05) is 0 Å². The van der Waals surface area contributed by atoms with Crippen LogP contribution in [0, 0.1) is 0 Å². The first-order valence-electron chi connectivity index (χ1n) is 6.07. The van der Waals surface area contributed by atoms with Crippen LogP contribution in [0.25, 0.3) is 0 Å². The number of nitrogens with one attached hydrogen (secondary N) is 1. The van der Waals surface area contributed by atoms with Crippen molar-refractivity contribution in [2.45, 2.75) is 24.7 Å². The summed E-state index contributed by atoms with van der Waals surface area (Å²) in [4.78, 5) is 11.1. The quantitative estimate of drug-likeness (QED) is 0.451. The summed E-state index contributed by atoms with van der Waals surface area (Å²) in [6.45, 7) is 2.15. The van der Waals surface area contributed by atoms with Gasteiger partial charge in [0.15, 0.2) is 0 Å². The average Bonchev–Trinajstić information content (AvgIpc) is 2.34. The van der Waals surface area contributed by atoms with Gasteiger partial charge in [0.25, 0.3) is 0 Å². The van der Waals surface area contributed by atoms with Crippen molar-refractivity contribution in [2.24, 2.45) is 0 Å². The average molecular weight is 321 g/mol. The zero-order chi connectivity index (χ0) is 15.2. The molecule has 20 heavy (non-hydrogen) atoms. The van der Waals surface area contributed by atoms with Crippen LogP contribution in [0.1, 0.15) is 19.8 Å². The first-order valence-corrected chi connectivity index (χ1v) is 7.93. The number of ether oxygens (including phenoxy) is 1. The number of esters is 1. The molecule has 0 aliphatic carbocycles. The number of carbonyl (C=O) groups is 1. The molecule has 1 aromatic carbocycles. The molecule has 6 nitrogen and oxygen atoms in total. The monoisotopic (exact) mass is 320 g/mol. The van der Waals surface area contributed by atoms with E-state index in [0.29, 0.717) is 18.7 Å². The molecular weight excluding hydrogens is 304 g/mol. The summed E-state index contributed by atoms with van der Waals surface area (Å²) < 4.78 is 31.1. The molecule has 0 radical (unpaired) electrons. The largest absolute Gasteiger partial charge is 0.466 e. The van der Waals surface area contributed by atoms with Crippen molar-refractivity contribution in [1.29, 1.82) is 0 Å². The standard InChI is InChI=1S/C12H17ClN2O4S/c1-2-19-12(16)4-3-7-15-20(17,18)11-6-5-9(14)8-10(11)13/h5-6,8,15H,2-4,7,14H2,1H3. The predicted octanol–water partition coefficient (Wildman–Crippen LogP) is 1.54. The first kappa shape index (κ1) is 16.7. The number of halogens is 1. The van der Waals surface area contributed by atoms with E-state index in [9.17, 15) is 13.2 Å². The second-order valence-corrected chi connectivity index (χ2v) is 6.14. The molecule has 8 heteroatoms. The molecule has 0 aliphatic rings. The lowest BCUT2D eigenvalue weighted by Crippen LogP contribution is -2.25. The van der Waals surface area contributed by atoms with E-state index in [1.165, 1.54) is 18.2 Å². The van der Waals surface area contributed by atoms with Gasteiger partial charge in [-0.15, -0.1) is 0 Å². The highest BCUT2D eigenvalue weighted by Gasteiger charge is 2.17. The van der Waals surface area contributed by atoms with Crippen LogP contribution >= 0.6 is 11.6 Å². The van der Waals surface area contributed by atoms with Crippen LogP contribution in [0.15, 0.2) is 23.1 Å². The number of sulfonamides is 1. The number of rotatable bonds is 7. The molecule has 0 unspecified atom stereocenters. The fourth-order valence-corrected chi connectivity index (χ4v) is 3.11. The van der Waals surface area contributed by atoms with Gasteiger partial charge in [0.1, 0.15) is 4.90 Å². The van der Waals surface area contributed by atoms with Crippen LogP contribution in [0.3, 0.4) is 0 Å². The lowest BCUT2D eigenvalue weighted by Gasteiger charge is -2.08. The Morgan fingerprint density at radius 1 is 1.45 bits per heavy atom. The SMILES string of the molecule is CCOC(=O)CCCNS(=O)(=O)c1ccc(N)cc1Cl. The maximum atomic E-state index is 12.0. The molecule has 0 bridgehead atoms. The second-order valence-electron chi connectivity index (χ2n) is 4.00. The van der Waals surface area contributed by atoms with Gasteiger partial charge in [-0.05, 0) is 31.5 Å². The lowest BCUT2D eigenvalue weighted by atomic mass is 10.3. The molecule has 0 saturated carbocycles. The van der Waals surface area contributed by atoms with Crippen molar-refractivity contribution in [3.8, 4) is 0 Å². The van der Waals surface area contributed by atoms with E-state index >= 15 is 0 Å². The third kappa shape index (κ3) is 4.99. The molecule has 0 atom stereocenters. The Bertz CT molecular complexity index is 575. The van der Waals surface area contributed by atoms with Crippen molar-refractivity contribution < 1.29 is 17.9 Å². The van der Waals surface area contributed by atoms with E-state index in [2.05, 4.69) is 4.72 Å². The molecule has 112 valence electrons. The number of hydrogen-bond donors (Lipinski definition) is 2. The van der Waals surface area contributed by atoms with Gasteiger partial charge < -0.3 is 10.5 Å². The summed E-state index contributed by atoms with van der Waals surface area (Å²) in [6.07, 6.45) is 0.510. The molecule has 1 aromatic rings. The maximum absolute atomic E-state index is 12.0. The molecule has 0 fully saturated rings. The van der Waals surface area contributed by atoms with Crippen LogP contribution in [0.2, 0.25) is 5.02 Å². The van der Waals surface area contributed by atoms with Crippen molar-refractivity contribution in [2.75, 3.05) is 18.9 Å². The minimum Gasteiger partial charge on any atom is -0.466 e. The number of carbonyl (C=O) groups excluding carboxylic acids is 1. The zero-order valence-corrected chi connectivity index (χ0v) is 12.6. The fraction of sp³-hybridized carbons (Fsp3) is 0.417. The smallest absolute Gasteiger partial charge is 0.305 e. The summed E-state index contributed by atoms with van der Waals surface area (Å²) in [5, 5.41) is 0.0582.